The number of rotatable bonds is 1. The summed E-state index contributed by atoms with van der Waals surface area (Å²) in [4.78, 5) is 1.63. The highest BCUT2D eigenvalue weighted by Crippen LogP contribution is 2.62. The summed E-state index contributed by atoms with van der Waals surface area (Å²) < 4.78 is 35.5. The largest absolute Gasteiger partial charge is 0.504 e. The Morgan fingerprint density at radius 2 is 2.36 bits per heavy atom. The maximum atomic E-state index is 10.3. The Hall–Kier alpha value is -1.94. The summed E-state index contributed by atoms with van der Waals surface area (Å²) in [5.41, 5.74) is 2.71. The minimum absolute atomic E-state index is 0.133. The molecule has 2 bridgehead atoms. The van der Waals surface area contributed by atoms with Crippen molar-refractivity contribution in [1.82, 2.24) is 4.90 Å². The first-order valence-corrected chi connectivity index (χ1v) is 7.63. The number of hydrogen-bond acceptors (Lipinski definition) is 4. The molecule has 1 fully saturated rings. The van der Waals surface area contributed by atoms with Gasteiger partial charge in [-0.05, 0) is 49.6 Å². The predicted octanol–water partition coefficient (Wildman–Crippen LogP) is 2.12. The zero-order chi connectivity index (χ0) is 17.6. The van der Waals surface area contributed by atoms with Crippen molar-refractivity contribution < 1.29 is 18.7 Å². The van der Waals surface area contributed by atoms with E-state index in [1.165, 1.54) is 0 Å². The van der Waals surface area contributed by atoms with Crippen molar-refractivity contribution in [1.29, 1.82) is 0 Å². The van der Waals surface area contributed by atoms with Crippen molar-refractivity contribution in [3.8, 4) is 11.5 Å². The lowest BCUT2D eigenvalue weighted by atomic mass is 9.57. The summed E-state index contributed by atoms with van der Waals surface area (Å²) in [5.74, 6) is 1.38. The summed E-state index contributed by atoms with van der Waals surface area (Å²) in [6.07, 6.45) is 4.77. The second-order valence-electron chi connectivity index (χ2n) is 6.48. The van der Waals surface area contributed by atoms with E-state index < -0.39 is 12.4 Å². The van der Waals surface area contributed by atoms with Gasteiger partial charge in [0, 0.05) is 15.7 Å². The predicted molar refractivity (Wildman–Crippen MR) is 82.1 cm³/mol. The average molecular weight is 300 g/mol. The molecule has 1 aromatic rings. The second kappa shape index (κ2) is 3.87. The fourth-order valence-corrected chi connectivity index (χ4v) is 4.78. The Morgan fingerprint density at radius 3 is 3.18 bits per heavy atom. The molecule has 2 heterocycles. The lowest BCUT2D eigenvalue weighted by molar-refractivity contribution is 0.0735. The van der Waals surface area contributed by atoms with E-state index in [1.807, 2.05) is 18.2 Å². The standard InChI is InChI=1S/C18H19NO3/c1-19-8-7-18-11-4-6-14(21-2)17(18)22-16-13(20)5-3-10(15(16)18)9-12(11)19/h3-6,12,17,20H,7-9H2,1-2H3/t12-,17-,18-/m0/s1/i1D3. The molecule has 0 saturated carbocycles. The van der Waals surface area contributed by atoms with Crippen LogP contribution >= 0.6 is 0 Å². The summed E-state index contributed by atoms with van der Waals surface area (Å²) >= 11 is 0. The van der Waals surface area contributed by atoms with Gasteiger partial charge in [0.05, 0.1) is 12.5 Å². The van der Waals surface area contributed by atoms with E-state index in [0.29, 0.717) is 30.9 Å². The van der Waals surface area contributed by atoms with Gasteiger partial charge in [-0.25, -0.2) is 0 Å². The zero-order valence-corrected chi connectivity index (χ0v) is 12.3. The van der Waals surface area contributed by atoms with E-state index >= 15 is 0 Å². The van der Waals surface area contributed by atoms with Crippen LogP contribution in [0.2, 0.25) is 0 Å². The summed E-state index contributed by atoms with van der Waals surface area (Å²) in [5, 5.41) is 10.3. The first-order chi connectivity index (χ1) is 11.9. The van der Waals surface area contributed by atoms with Gasteiger partial charge >= 0.3 is 0 Å². The molecule has 0 unspecified atom stereocenters. The van der Waals surface area contributed by atoms with Gasteiger partial charge in [-0.3, -0.25) is 4.90 Å². The number of phenolic OH excluding ortho intramolecular Hbond substituents is 1. The van der Waals surface area contributed by atoms with Gasteiger partial charge in [-0.15, -0.1) is 0 Å². The molecule has 4 nitrogen and oxygen atoms in total. The molecule has 1 aromatic carbocycles. The van der Waals surface area contributed by atoms with Gasteiger partial charge in [0.25, 0.3) is 0 Å². The van der Waals surface area contributed by atoms with Crippen molar-refractivity contribution in [2.24, 2.45) is 0 Å². The monoisotopic (exact) mass is 300 g/mol. The normalized spacial score (nSPS) is 37.0. The van der Waals surface area contributed by atoms with Crippen LogP contribution in [0.4, 0.5) is 0 Å². The number of likely N-dealkylation sites (N-methyl/N-ethyl adjacent to an activating group) is 1. The number of likely N-dealkylation sites (tertiary alicyclic amines) is 1. The number of ether oxygens (including phenoxy) is 2. The van der Waals surface area contributed by atoms with Crippen LogP contribution in [0.15, 0.2) is 35.6 Å². The highest BCUT2D eigenvalue weighted by atomic mass is 16.5. The molecule has 22 heavy (non-hydrogen) atoms. The van der Waals surface area contributed by atoms with Gasteiger partial charge in [-0.2, -0.15) is 0 Å². The molecule has 4 aliphatic rings. The molecular formula is C18H19NO3. The molecule has 2 aliphatic carbocycles. The zero-order valence-electron chi connectivity index (χ0n) is 15.3. The van der Waals surface area contributed by atoms with Crippen molar-refractivity contribution in [3.05, 3.63) is 46.7 Å². The third-order valence-corrected chi connectivity index (χ3v) is 5.68. The molecule has 114 valence electrons. The molecule has 0 amide bonds. The van der Waals surface area contributed by atoms with E-state index in [-0.39, 0.29) is 17.9 Å². The number of benzene rings is 1. The van der Waals surface area contributed by atoms with Crippen LogP contribution in [0.1, 0.15) is 21.7 Å². The molecule has 4 heteroatoms. The lowest BCUT2D eigenvalue weighted by Crippen LogP contribution is -2.58. The summed E-state index contributed by atoms with van der Waals surface area (Å²) in [6.45, 7) is -1.67. The molecule has 3 atom stereocenters. The minimum Gasteiger partial charge on any atom is -0.504 e. The quantitative estimate of drug-likeness (QED) is 0.862. The minimum atomic E-state index is -2.13. The summed E-state index contributed by atoms with van der Waals surface area (Å²) in [6, 6.07) is 3.35. The van der Waals surface area contributed by atoms with E-state index in [2.05, 4.69) is 0 Å². The number of methoxy groups -OCH3 is 1. The molecule has 0 aromatic heterocycles. The number of phenols is 1. The van der Waals surface area contributed by atoms with E-state index in [0.717, 1.165) is 16.7 Å². The van der Waals surface area contributed by atoms with Crippen molar-refractivity contribution in [2.45, 2.75) is 30.4 Å². The van der Waals surface area contributed by atoms with Crippen LogP contribution < -0.4 is 4.74 Å². The van der Waals surface area contributed by atoms with Crippen LogP contribution in [-0.4, -0.2) is 42.8 Å². The maximum Gasteiger partial charge on any atom is 0.169 e. The second-order valence-corrected chi connectivity index (χ2v) is 6.48. The Balaban J connectivity index is 1.79. The van der Waals surface area contributed by atoms with Gasteiger partial charge < -0.3 is 14.6 Å². The number of piperidine rings is 1. The molecule has 0 radical (unpaired) electrons. The van der Waals surface area contributed by atoms with Crippen LogP contribution in [0, 0.1) is 0 Å². The Bertz CT molecular complexity index is 845. The highest BCUT2D eigenvalue weighted by Gasteiger charge is 2.61. The molecule has 1 N–H and O–H groups in total. The van der Waals surface area contributed by atoms with E-state index in [1.54, 1.807) is 18.1 Å². The fraction of sp³-hybridized carbons (Fsp3) is 0.444. The third kappa shape index (κ3) is 1.20. The van der Waals surface area contributed by atoms with Crippen LogP contribution in [0.25, 0.3) is 0 Å². The number of nitrogens with zero attached hydrogens (tertiary/aromatic N) is 1. The van der Waals surface area contributed by atoms with Crippen LogP contribution in [0.3, 0.4) is 0 Å². The summed E-state index contributed by atoms with van der Waals surface area (Å²) in [7, 11) is 1.62. The molecule has 1 spiro atoms. The number of aromatic hydroxyl groups is 1. The van der Waals surface area contributed by atoms with Crippen molar-refractivity contribution in [2.75, 3.05) is 20.6 Å². The molecular weight excluding hydrogens is 278 g/mol. The fourth-order valence-electron chi connectivity index (χ4n) is 4.78. The Morgan fingerprint density at radius 1 is 1.45 bits per heavy atom. The van der Waals surface area contributed by atoms with Gasteiger partial charge in [0.1, 0.15) is 5.76 Å². The topological polar surface area (TPSA) is 41.9 Å². The van der Waals surface area contributed by atoms with E-state index in [4.69, 9.17) is 13.6 Å². The van der Waals surface area contributed by atoms with E-state index in [9.17, 15) is 5.11 Å². The first kappa shape index (κ1) is 9.95. The number of allylic oxidation sites excluding steroid dienone is 2. The van der Waals surface area contributed by atoms with Crippen molar-refractivity contribution in [3.63, 3.8) is 0 Å². The Kier molecular flexibility index (Phi) is 1.75. The molecule has 5 rings (SSSR count). The van der Waals surface area contributed by atoms with Crippen LogP contribution in [-0.2, 0) is 16.6 Å². The smallest absolute Gasteiger partial charge is 0.169 e. The highest BCUT2D eigenvalue weighted by molar-refractivity contribution is 5.67. The van der Waals surface area contributed by atoms with Gasteiger partial charge in [0.2, 0.25) is 0 Å². The maximum absolute atomic E-state index is 10.3. The number of hydrogen-bond donors (Lipinski definition) is 1. The van der Waals surface area contributed by atoms with Crippen LogP contribution in [0.5, 0.6) is 11.5 Å². The lowest BCUT2D eigenvalue weighted by Gasteiger charge is -2.52. The van der Waals surface area contributed by atoms with Gasteiger partial charge in [0.15, 0.2) is 17.6 Å². The Labute approximate surface area is 133 Å². The molecule has 1 saturated heterocycles. The third-order valence-electron chi connectivity index (χ3n) is 5.68. The molecule has 2 aliphatic heterocycles. The average Bonchev–Trinajstić information content (AvgIpc) is 2.90. The van der Waals surface area contributed by atoms with Crippen molar-refractivity contribution >= 4 is 0 Å². The first-order valence-electron chi connectivity index (χ1n) is 9.13. The van der Waals surface area contributed by atoms with Gasteiger partial charge in [-0.1, -0.05) is 12.1 Å². The SMILES string of the molecule is [2H]C([2H])([2H])N1CC[C@@]23C4=CC=C(OC)[C@@H]2Oc2c(O)ccc(c23)C[C@@H]41.